The Morgan fingerprint density at radius 2 is 2.20 bits per heavy atom. The molecule has 78 valence electrons. The standard InChI is InChI=1S/C8H10N6S/c1-9-6-11-7(13-8(12-6)15-2)14-5-3-4-10-14/h3-5H,1-2H3,(H,9,11,12,13). The number of nitrogens with one attached hydrogen (secondary N) is 1. The van der Waals surface area contributed by atoms with Gasteiger partial charge in [-0.05, 0) is 12.3 Å². The molecule has 2 heterocycles. The summed E-state index contributed by atoms with van der Waals surface area (Å²) < 4.78 is 1.60. The van der Waals surface area contributed by atoms with E-state index in [0.29, 0.717) is 17.1 Å². The number of hydrogen-bond acceptors (Lipinski definition) is 6. The van der Waals surface area contributed by atoms with E-state index in [4.69, 9.17) is 0 Å². The molecule has 0 atom stereocenters. The highest BCUT2D eigenvalue weighted by Crippen LogP contribution is 2.12. The minimum atomic E-state index is 0.517. The number of anilines is 1. The van der Waals surface area contributed by atoms with Crippen LogP contribution in [0.2, 0.25) is 0 Å². The maximum absolute atomic E-state index is 4.24. The zero-order valence-electron chi connectivity index (χ0n) is 8.38. The monoisotopic (exact) mass is 222 g/mol. The number of hydrogen-bond donors (Lipinski definition) is 1. The maximum Gasteiger partial charge on any atom is 0.256 e. The first kappa shape index (κ1) is 9.91. The largest absolute Gasteiger partial charge is 0.357 e. The Hall–Kier alpha value is -1.63. The highest BCUT2D eigenvalue weighted by atomic mass is 32.2. The minimum absolute atomic E-state index is 0.517. The van der Waals surface area contributed by atoms with Gasteiger partial charge in [0.1, 0.15) is 0 Å². The Balaban J connectivity index is 2.47. The first-order valence-electron chi connectivity index (χ1n) is 4.31. The molecule has 0 spiro atoms. The fraction of sp³-hybridized carbons (Fsp3) is 0.250. The number of nitrogens with zero attached hydrogens (tertiary/aromatic N) is 5. The summed E-state index contributed by atoms with van der Waals surface area (Å²) in [6.07, 6.45) is 5.39. The average molecular weight is 222 g/mol. The Labute approximate surface area is 91.2 Å². The van der Waals surface area contributed by atoms with Crippen LogP contribution in [-0.2, 0) is 0 Å². The molecule has 15 heavy (non-hydrogen) atoms. The zero-order valence-corrected chi connectivity index (χ0v) is 9.19. The smallest absolute Gasteiger partial charge is 0.256 e. The summed E-state index contributed by atoms with van der Waals surface area (Å²) in [6, 6.07) is 1.82. The topological polar surface area (TPSA) is 68.5 Å². The van der Waals surface area contributed by atoms with Gasteiger partial charge in [-0.1, -0.05) is 11.8 Å². The van der Waals surface area contributed by atoms with Gasteiger partial charge >= 0.3 is 0 Å². The summed E-state index contributed by atoms with van der Waals surface area (Å²) in [5.41, 5.74) is 0. The summed E-state index contributed by atoms with van der Waals surface area (Å²) in [6.45, 7) is 0. The van der Waals surface area contributed by atoms with Crippen LogP contribution in [0.25, 0.3) is 5.95 Å². The van der Waals surface area contributed by atoms with Gasteiger partial charge in [0.25, 0.3) is 5.95 Å². The maximum atomic E-state index is 4.24. The molecule has 1 N–H and O–H groups in total. The fourth-order valence-electron chi connectivity index (χ4n) is 1.04. The first-order chi connectivity index (χ1) is 7.33. The molecule has 0 amide bonds. The summed E-state index contributed by atoms with van der Waals surface area (Å²) in [5, 5.41) is 7.62. The van der Waals surface area contributed by atoms with Crippen molar-refractivity contribution in [3.63, 3.8) is 0 Å². The molecule has 0 saturated carbocycles. The number of thioether (sulfide) groups is 1. The quantitative estimate of drug-likeness (QED) is 0.775. The van der Waals surface area contributed by atoms with E-state index in [1.807, 2.05) is 12.3 Å². The summed E-state index contributed by atoms with van der Waals surface area (Å²) >= 11 is 1.47. The van der Waals surface area contributed by atoms with Gasteiger partial charge < -0.3 is 5.32 Å². The second-order valence-corrected chi connectivity index (χ2v) is 3.42. The van der Waals surface area contributed by atoms with Crippen molar-refractivity contribution in [2.75, 3.05) is 18.6 Å². The number of aromatic nitrogens is 5. The van der Waals surface area contributed by atoms with Crippen LogP contribution < -0.4 is 5.32 Å². The van der Waals surface area contributed by atoms with E-state index in [1.54, 1.807) is 24.1 Å². The average Bonchev–Trinajstić information content (AvgIpc) is 2.81. The van der Waals surface area contributed by atoms with E-state index in [1.165, 1.54) is 11.8 Å². The van der Waals surface area contributed by atoms with Gasteiger partial charge in [0.15, 0.2) is 5.16 Å². The van der Waals surface area contributed by atoms with Crippen LogP contribution in [0.3, 0.4) is 0 Å². The van der Waals surface area contributed by atoms with Crippen LogP contribution in [0.1, 0.15) is 0 Å². The van der Waals surface area contributed by atoms with Crippen molar-refractivity contribution in [1.82, 2.24) is 24.7 Å². The van der Waals surface area contributed by atoms with Gasteiger partial charge in [-0.25, -0.2) is 4.68 Å². The predicted molar refractivity (Wildman–Crippen MR) is 58.3 cm³/mol. The molecule has 0 aromatic carbocycles. The molecule has 0 unspecified atom stereocenters. The summed E-state index contributed by atoms with van der Waals surface area (Å²) in [5.74, 6) is 1.06. The third kappa shape index (κ3) is 2.07. The van der Waals surface area contributed by atoms with Crippen LogP contribution in [-0.4, -0.2) is 38.0 Å². The Kier molecular flexibility index (Phi) is 2.82. The van der Waals surface area contributed by atoms with Crippen LogP contribution in [0.15, 0.2) is 23.6 Å². The van der Waals surface area contributed by atoms with Crippen LogP contribution in [0, 0.1) is 0 Å². The lowest BCUT2D eigenvalue weighted by atomic mass is 10.7. The molecule has 0 aliphatic heterocycles. The molecular weight excluding hydrogens is 212 g/mol. The van der Waals surface area contributed by atoms with Crippen LogP contribution in [0.5, 0.6) is 0 Å². The molecule has 2 rings (SSSR count). The van der Waals surface area contributed by atoms with Gasteiger partial charge in [0.2, 0.25) is 5.95 Å². The normalized spacial score (nSPS) is 10.3. The van der Waals surface area contributed by atoms with Crippen molar-refractivity contribution < 1.29 is 0 Å². The summed E-state index contributed by atoms with van der Waals surface area (Å²) in [7, 11) is 1.77. The third-order valence-corrected chi connectivity index (χ3v) is 2.27. The van der Waals surface area contributed by atoms with Gasteiger partial charge in [0, 0.05) is 19.4 Å². The molecule has 0 fully saturated rings. The van der Waals surface area contributed by atoms with Gasteiger partial charge in [-0.3, -0.25) is 0 Å². The van der Waals surface area contributed by atoms with E-state index in [-0.39, 0.29) is 0 Å². The molecule has 0 saturated heterocycles. The lowest BCUT2D eigenvalue weighted by Gasteiger charge is -2.04. The Morgan fingerprint density at radius 1 is 1.33 bits per heavy atom. The van der Waals surface area contributed by atoms with Crippen molar-refractivity contribution in [2.45, 2.75) is 5.16 Å². The van der Waals surface area contributed by atoms with E-state index in [0.717, 1.165) is 0 Å². The van der Waals surface area contributed by atoms with Crippen LogP contribution in [0.4, 0.5) is 5.95 Å². The van der Waals surface area contributed by atoms with Crippen molar-refractivity contribution in [2.24, 2.45) is 0 Å². The fourth-order valence-corrected chi connectivity index (χ4v) is 1.39. The summed E-state index contributed by atoms with van der Waals surface area (Å²) in [4.78, 5) is 12.6. The predicted octanol–water partition coefficient (Wildman–Crippen LogP) is 0.821. The Morgan fingerprint density at radius 3 is 2.80 bits per heavy atom. The molecule has 0 aliphatic rings. The molecule has 0 bridgehead atoms. The highest BCUT2D eigenvalue weighted by Gasteiger charge is 2.06. The molecule has 2 aromatic heterocycles. The number of rotatable bonds is 3. The van der Waals surface area contributed by atoms with Crippen LogP contribution >= 0.6 is 11.8 Å². The van der Waals surface area contributed by atoms with Crippen molar-refractivity contribution in [3.8, 4) is 5.95 Å². The van der Waals surface area contributed by atoms with E-state index >= 15 is 0 Å². The van der Waals surface area contributed by atoms with Gasteiger partial charge in [0.05, 0.1) is 0 Å². The van der Waals surface area contributed by atoms with E-state index in [9.17, 15) is 0 Å². The molecule has 6 nitrogen and oxygen atoms in total. The first-order valence-corrected chi connectivity index (χ1v) is 5.54. The molecule has 2 aromatic rings. The highest BCUT2D eigenvalue weighted by molar-refractivity contribution is 7.98. The van der Waals surface area contributed by atoms with Crippen molar-refractivity contribution in [3.05, 3.63) is 18.5 Å². The van der Waals surface area contributed by atoms with E-state index in [2.05, 4.69) is 25.4 Å². The molecule has 0 aliphatic carbocycles. The third-order valence-electron chi connectivity index (χ3n) is 1.72. The lowest BCUT2D eigenvalue weighted by Crippen LogP contribution is -2.07. The van der Waals surface area contributed by atoms with Crippen molar-refractivity contribution >= 4 is 17.7 Å². The lowest BCUT2D eigenvalue weighted by molar-refractivity contribution is 0.763. The zero-order chi connectivity index (χ0) is 10.7. The molecule has 7 heteroatoms. The molecule has 0 radical (unpaired) electrons. The van der Waals surface area contributed by atoms with Gasteiger partial charge in [-0.15, -0.1) is 0 Å². The SMILES string of the molecule is CNc1nc(SC)nc(-n2cccn2)n1. The second kappa shape index (κ2) is 4.26. The van der Waals surface area contributed by atoms with E-state index < -0.39 is 0 Å². The van der Waals surface area contributed by atoms with Gasteiger partial charge in [-0.2, -0.15) is 20.1 Å². The Bertz CT molecular complexity index is 418. The second-order valence-electron chi connectivity index (χ2n) is 2.65. The van der Waals surface area contributed by atoms with Crippen molar-refractivity contribution in [1.29, 1.82) is 0 Å². The molecular formula is C8H10N6S. The minimum Gasteiger partial charge on any atom is -0.357 e.